The van der Waals surface area contributed by atoms with E-state index in [4.69, 9.17) is 5.26 Å². The van der Waals surface area contributed by atoms with Crippen molar-refractivity contribution in [3.63, 3.8) is 0 Å². The van der Waals surface area contributed by atoms with Gasteiger partial charge in [-0.15, -0.1) is 11.3 Å². The number of nitriles is 1. The monoisotopic (exact) mass is 207 g/mol. The fraction of sp³-hybridized carbons (Fsp3) is 0.444. The molecule has 0 spiro atoms. The molecule has 0 atom stereocenters. The van der Waals surface area contributed by atoms with Crippen LogP contribution in [0.5, 0.6) is 0 Å². The fourth-order valence-electron chi connectivity index (χ4n) is 1.42. The highest BCUT2D eigenvalue weighted by Crippen LogP contribution is 2.41. The van der Waals surface area contributed by atoms with E-state index < -0.39 is 5.41 Å². The van der Waals surface area contributed by atoms with Crippen molar-refractivity contribution >= 4 is 22.4 Å². The van der Waals surface area contributed by atoms with Crippen LogP contribution >= 0.6 is 11.3 Å². The Hall–Kier alpha value is -1.41. The van der Waals surface area contributed by atoms with Crippen LogP contribution in [0.15, 0.2) is 11.6 Å². The molecule has 5 heteroatoms. The molecule has 0 saturated heterocycles. The van der Waals surface area contributed by atoms with Crippen molar-refractivity contribution in [3.8, 4) is 6.07 Å². The zero-order valence-corrected chi connectivity index (χ0v) is 8.30. The zero-order valence-electron chi connectivity index (χ0n) is 7.49. The van der Waals surface area contributed by atoms with Crippen LogP contribution < -0.4 is 5.32 Å². The van der Waals surface area contributed by atoms with Crippen LogP contribution in [-0.2, 0) is 4.79 Å². The number of anilines is 1. The SMILES string of the molecule is N#CC1(C(=O)Nc2nccs2)CCC1. The predicted molar refractivity (Wildman–Crippen MR) is 52.6 cm³/mol. The minimum Gasteiger partial charge on any atom is -0.301 e. The predicted octanol–water partition coefficient (Wildman–Crippen LogP) is 1.78. The van der Waals surface area contributed by atoms with Gasteiger partial charge in [-0.1, -0.05) is 0 Å². The highest BCUT2D eigenvalue weighted by atomic mass is 32.1. The number of hydrogen-bond acceptors (Lipinski definition) is 4. The lowest BCUT2D eigenvalue weighted by Gasteiger charge is -2.32. The maximum Gasteiger partial charge on any atom is 0.246 e. The molecule has 4 nitrogen and oxygen atoms in total. The van der Waals surface area contributed by atoms with Crippen LogP contribution in [0.2, 0.25) is 0 Å². The average molecular weight is 207 g/mol. The molecule has 1 aromatic heterocycles. The van der Waals surface area contributed by atoms with Gasteiger partial charge in [0.2, 0.25) is 5.91 Å². The molecule has 0 radical (unpaired) electrons. The summed E-state index contributed by atoms with van der Waals surface area (Å²) >= 11 is 1.36. The molecule has 0 aliphatic heterocycles. The Balaban J connectivity index is 2.06. The highest BCUT2D eigenvalue weighted by Gasteiger charge is 2.44. The number of nitrogens with zero attached hydrogens (tertiary/aromatic N) is 2. The van der Waals surface area contributed by atoms with Crippen LogP contribution in [0.25, 0.3) is 0 Å². The minimum atomic E-state index is -0.786. The standard InChI is InChI=1S/C9H9N3OS/c10-6-9(2-1-3-9)7(13)12-8-11-4-5-14-8/h4-5H,1-3H2,(H,11,12,13). The summed E-state index contributed by atoms with van der Waals surface area (Å²) < 4.78 is 0. The summed E-state index contributed by atoms with van der Waals surface area (Å²) in [4.78, 5) is 15.6. The van der Waals surface area contributed by atoms with Gasteiger partial charge in [0, 0.05) is 11.6 Å². The van der Waals surface area contributed by atoms with Gasteiger partial charge in [0.05, 0.1) is 6.07 Å². The van der Waals surface area contributed by atoms with Crippen LogP contribution in [-0.4, -0.2) is 10.9 Å². The molecule has 14 heavy (non-hydrogen) atoms. The van der Waals surface area contributed by atoms with E-state index in [2.05, 4.69) is 16.4 Å². The van der Waals surface area contributed by atoms with Crippen molar-refractivity contribution in [2.24, 2.45) is 5.41 Å². The molecule has 0 unspecified atom stereocenters. The summed E-state index contributed by atoms with van der Waals surface area (Å²) in [6.07, 6.45) is 3.92. The molecule has 2 rings (SSSR count). The summed E-state index contributed by atoms with van der Waals surface area (Å²) in [5, 5.41) is 13.9. The summed E-state index contributed by atoms with van der Waals surface area (Å²) in [7, 11) is 0. The third kappa shape index (κ3) is 1.38. The largest absolute Gasteiger partial charge is 0.301 e. The number of hydrogen-bond donors (Lipinski definition) is 1. The lowest BCUT2D eigenvalue weighted by molar-refractivity contribution is -0.126. The van der Waals surface area contributed by atoms with Crippen LogP contribution in [0.4, 0.5) is 5.13 Å². The molecule has 1 aromatic rings. The lowest BCUT2D eigenvalue weighted by atomic mass is 9.69. The third-order valence-corrected chi connectivity index (χ3v) is 3.20. The summed E-state index contributed by atoms with van der Waals surface area (Å²) in [6, 6.07) is 2.09. The summed E-state index contributed by atoms with van der Waals surface area (Å²) in [5.74, 6) is -0.207. The Morgan fingerprint density at radius 1 is 1.71 bits per heavy atom. The zero-order chi connectivity index (χ0) is 10.0. The molecule has 1 saturated carbocycles. The number of carbonyl (C=O) groups excluding carboxylic acids is 1. The van der Waals surface area contributed by atoms with Gasteiger partial charge < -0.3 is 5.32 Å². The van der Waals surface area contributed by atoms with Crippen LogP contribution in [0.1, 0.15) is 19.3 Å². The van der Waals surface area contributed by atoms with Gasteiger partial charge in [-0.2, -0.15) is 5.26 Å². The number of amides is 1. The normalized spacial score (nSPS) is 17.9. The molecule has 0 aromatic carbocycles. The Bertz CT molecular complexity index is 375. The van der Waals surface area contributed by atoms with Crippen molar-refractivity contribution in [2.45, 2.75) is 19.3 Å². The van der Waals surface area contributed by atoms with Crippen molar-refractivity contribution in [1.29, 1.82) is 5.26 Å². The molecule has 1 N–H and O–H groups in total. The van der Waals surface area contributed by atoms with E-state index in [0.29, 0.717) is 18.0 Å². The minimum absolute atomic E-state index is 0.207. The smallest absolute Gasteiger partial charge is 0.246 e. The second-order valence-corrected chi connectivity index (χ2v) is 4.23. The van der Waals surface area contributed by atoms with E-state index in [9.17, 15) is 4.79 Å². The topological polar surface area (TPSA) is 65.8 Å². The van der Waals surface area contributed by atoms with Gasteiger partial charge in [0.1, 0.15) is 5.41 Å². The first-order valence-electron chi connectivity index (χ1n) is 4.39. The highest BCUT2D eigenvalue weighted by molar-refractivity contribution is 7.13. The average Bonchev–Trinajstić information content (AvgIpc) is 2.55. The van der Waals surface area contributed by atoms with Crippen molar-refractivity contribution in [1.82, 2.24) is 4.98 Å². The Morgan fingerprint density at radius 2 is 2.50 bits per heavy atom. The van der Waals surface area contributed by atoms with Gasteiger partial charge in [0.15, 0.2) is 5.13 Å². The number of nitrogens with one attached hydrogen (secondary N) is 1. The van der Waals surface area contributed by atoms with Crippen molar-refractivity contribution in [2.75, 3.05) is 5.32 Å². The summed E-state index contributed by atoms with van der Waals surface area (Å²) in [5.41, 5.74) is -0.786. The molecular formula is C9H9N3OS. The maximum atomic E-state index is 11.7. The number of rotatable bonds is 2. The van der Waals surface area contributed by atoms with E-state index in [1.165, 1.54) is 11.3 Å². The molecule has 1 heterocycles. The quantitative estimate of drug-likeness (QED) is 0.803. The molecule has 72 valence electrons. The first kappa shape index (κ1) is 9.16. The van der Waals surface area contributed by atoms with Gasteiger partial charge in [-0.3, -0.25) is 4.79 Å². The van der Waals surface area contributed by atoms with E-state index in [1.54, 1.807) is 11.6 Å². The molecule has 1 amide bonds. The Morgan fingerprint density at radius 3 is 2.93 bits per heavy atom. The van der Waals surface area contributed by atoms with Gasteiger partial charge in [0.25, 0.3) is 0 Å². The second kappa shape index (κ2) is 3.39. The lowest BCUT2D eigenvalue weighted by Crippen LogP contribution is -2.40. The summed E-state index contributed by atoms with van der Waals surface area (Å²) in [6.45, 7) is 0. The Kier molecular flexibility index (Phi) is 2.22. The van der Waals surface area contributed by atoms with Gasteiger partial charge in [-0.25, -0.2) is 4.98 Å². The van der Waals surface area contributed by atoms with Crippen LogP contribution in [0, 0.1) is 16.7 Å². The number of carbonyl (C=O) groups is 1. The van der Waals surface area contributed by atoms with Gasteiger partial charge in [-0.05, 0) is 19.3 Å². The molecule has 1 fully saturated rings. The Labute approximate surface area is 85.6 Å². The third-order valence-electron chi connectivity index (χ3n) is 2.51. The van der Waals surface area contributed by atoms with E-state index in [1.807, 2.05) is 0 Å². The second-order valence-electron chi connectivity index (χ2n) is 3.34. The molecule has 0 bridgehead atoms. The number of thiazole rings is 1. The van der Waals surface area contributed by atoms with E-state index in [0.717, 1.165) is 6.42 Å². The molecular weight excluding hydrogens is 198 g/mol. The molecule has 1 aliphatic rings. The van der Waals surface area contributed by atoms with E-state index in [-0.39, 0.29) is 5.91 Å². The first-order chi connectivity index (χ1) is 6.77. The molecule has 1 aliphatic carbocycles. The number of aromatic nitrogens is 1. The van der Waals surface area contributed by atoms with E-state index >= 15 is 0 Å². The van der Waals surface area contributed by atoms with Gasteiger partial charge >= 0.3 is 0 Å². The van der Waals surface area contributed by atoms with Crippen molar-refractivity contribution < 1.29 is 4.79 Å². The van der Waals surface area contributed by atoms with Crippen molar-refractivity contribution in [3.05, 3.63) is 11.6 Å². The fourth-order valence-corrected chi connectivity index (χ4v) is 1.95. The maximum absolute atomic E-state index is 11.7. The first-order valence-corrected chi connectivity index (χ1v) is 5.27. The van der Waals surface area contributed by atoms with Crippen LogP contribution in [0.3, 0.4) is 0 Å².